The first-order valence-electron chi connectivity index (χ1n) is 7.32. The molecule has 2 aromatic rings. The number of hydrogen-bond donors (Lipinski definition) is 1. The molecule has 122 valence electrons. The van der Waals surface area contributed by atoms with Crippen LogP contribution in [0.4, 0.5) is 5.69 Å². The summed E-state index contributed by atoms with van der Waals surface area (Å²) in [7, 11) is 3.65. The molecule has 23 heavy (non-hydrogen) atoms. The fourth-order valence-electron chi connectivity index (χ4n) is 2.24. The highest BCUT2D eigenvalue weighted by Gasteiger charge is 2.10. The molecule has 5 heteroatoms. The zero-order valence-corrected chi connectivity index (χ0v) is 16.2. The van der Waals surface area contributed by atoms with E-state index in [9.17, 15) is 0 Å². The third kappa shape index (κ3) is 4.69. The van der Waals surface area contributed by atoms with Crippen LogP contribution in [0.15, 0.2) is 40.9 Å². The third-order valence-corrected chi connectivity index (χ3v) is 4.66. The molecule has 0 saturated carbocycles. The minimum absolute atomic E-state index is 0.666. The molecule has 0 unspecified atom stereocenters. The van der Waals surface area contributed by atoms with Crippen molar-refractivity contribution in [3.05, 3.63) is 57.6 Å². The topological polar surface area (TPSA) is 24.5 Å². The molecule has 0 saturated heterocycles. The fraction of sp³-hybridized carbons (Fsp3) is 0.278. The number of nitrogens with zero attached hydrogens (tertiary/aromatic N) is 1. The molecule has 0 spiro atoms. The van der Waals surface area contributed by atoms with Crippen LogP contribution in [0, 0.1) is 13.8 Å². The number of benzene rings is 2. The Balaban J connectivity index is 2.08. The highest BCUT2D eigenvalue weighted by atomic mass is 79.9. The molecule has 0 atom stereocenters. The van der Waals surface area contributed by atoms with E-state index in [0.717, 1.165) is 21.5 Å². The van der Waals surface area contributed by atoms with Gasteiger partial charge in [0.05, 0.1) is 7.11 Å². The summed E-state index contributed by atoms with van der Waals surface area (Å²) >= 11 is 9.01. The lowest BCUT2D eigenvalue weighted by molar-refractivity contribution is 0.399. The van der Waals surface area contributed by atoms with Crippen LogP contribution in [0.25, 0.3) is 0 Å². The van der Waals surface area contributed by atoms with Crippen LogP contribution in [-0.2, 0) is 6.54 Å². The third-order valence-electron chi connectivity index (χ3n) is 3.75. The quantitative estimate of drug-likeness (QED) is 0.747. The second kappa shape index (κ2) is 7.79. The SMILES string of the molecule is COc1ccc(Br)cc1CN(C)C(=S)Nc1ccc(C)c(C)c1. The van der Waals surface area contributed by atoms with Crippen LogP contribution in [0.1, 0.15) is 16.7 Å². The summed E-state index contributed by atoms with van der Waals surface area (Å²) < 4.78 is 6.44. The van der Waals surface area contributed by atoms with E-state index in [1.807, 2.05) is 36.2 Å². The summed E-state index contributed by atoms with van der Waals surface area (Å²) in [5.74, 6) is 0.856. The van der Waals surface area contributed by atoms with Gasteiger partial charge in [-0.05, 0) is 67.5 Å². The van der Waals surface area contributed by atoms with Crippen molar-refractivity contribution in [3.8, 4) is 5.75 Å². The van der Waals surface area contributed by atoms with E-state index in [4.69, 9.17) is 17.0 Å². The van der Waals surface area contributed by atoms with E-state index in [-0.39, 0.29) is 0 Å². The van der Waals surface area contributed by atoms with E-state index in [2.05, 4.69) is 47.2 Å². The van der Waals surface area contributed by atoms with Crippen molar-refractivity contribution in [1.82, 2.24) is 4.90 Å². The predicted molar refractivity (Wildman–Crippen MR) is 104 cm³/mol. The average molecular weight is 393 g/mol. The molecule has 3 nitrogen and oxygen atoms in total. The number of methoxy groups -OCH3 is 1. The standard InChI is InChI=1S/C18H21BrN2OS/c1-12-5-7-16(9-13(12)2)20-18(23)21(3)11-14-10-15(19)6-8-17(14)22-4/h5-10H,11H2,1-4H3,(H,20,23). The number of hydrogen-bond acceptors (Lipinski definition) is 2. The molecular formula is C18H21BrN2OS. The Hall–Kier alpha value is -1.59. The highest BCUT2D eigenvalue weighted by molar-refractivity contribution is 9.10. The molecule has 0 bridgehead atoms. The molecular weight excluding hydrogens is 372 g/mol. The Morgan fingerprint density at radius 2 is 1.91 bits per heavy atom. The van der Waals surface area contributed by atoms with Gasteiger partial charge in [0, 0.05) is 29.3 Å². The molecule has 1 N–H and O–H groups in total. The van der Waals surface area contributed by atoms with Crippen LogP contribution < -0.4 is 10.1 Å². The van der Waals surface area contributed by atoms with Gasteiger partial charge < -0.3 is 15.0 Å². The Bertz CT molecular complexity index is 718. The van der Waals surface area contributed by atoms with E-state index >= 15 is 0 Å². The zero-order valence-electron chi connectivity index (χ0n) is 13.8. The summed E-state index contributed by atoms with van der Waals surface area (Å²) in [6, 6.07) is 12.2. The summed E-state index contributed by atoms with van der Waals surface area (Å²) in [6.45, 7) is 4.86. The van der Waals surface area contributed by atoms with Crippen LogP contribution in [0.5, 0.6) is 5.75 Å². The van der Waals surface area contributed by atoms with Crippen molar-refractivity contribution >= 4 is 38.9 Å². The molecule has 0 aliphatic carbocycles. The molecule has 2 aromatic carbocycles. The minimum atomic E-state index is 0.666. The number of rotatable bonds is 4. The van der Waals surface area contributed by atoms with Crippen molar-refractivity contribution in [1.29, 1.82) is 0 Å². The number of halogens is 1. The maximum Gasteiger partial charge on any atom is 0.173 e. The van der Waals surface area contributed by atoms with Gasteiger partial charge in [-0.3, -0.25) is 0 Å². The lowest BCUT2D eigenvalue weighted by Crippen LogP contribution is -2.30. The number of nitrogens with one attached hydrogen (secondary N) is 1. The first kappa shape index (κ1) is 17.8. The number of aryl methyl sites for hydroxylation is 2. The van der Waals surface area contributed by atoms with Gasteiger partial charge in [0.2, 0.25) is 0 Å². The van der Waals surface area contributed by atoms with Gasteiger partial charge in [-0.25, -0.2) is 0 Å². The van der Waals surface area contributed by atoms with Crippen molar-refractivity contribution in [3.63, 3.8) is 0 Å². The fourth-order valence-corrected chi connectivity index (χ4v) is 2.83. The van der Waals surface area contributed by atoms with Gasteiger partial charge in [-0.2, -0.15) is 0 Å². The molecule has 0 aliphatic heterocycles. The van der Waals surface area contributed by atoms with Crippen molar-refractivity contribution in [2.24, 2.45) is 0 Å². The van der Waals surface area contributed by atoms with E-state index in [1.165, 1.54) is 11.1 Å². The van der Waals surface area contributed by atoms with Gasteiger partial charge in [0.15, 0.2) is 5.11 Å². The maximum absolute atomic E-state index is 5.51. The van der Waals surface area contributed by atoms with Crippen LogP contribution >= 0.6 is 28.1 Å². The number of ether oxygens (including phenoxy) is 1. The van der Waals surface area contributed by atoms with Gasteiger partial charge >= 0.3 is 0 Å². The molecule has 0 aromatic heterocycles. The summed E-state index contributed by atoms with van der Waals surface area (Å²) in [4.78, 5) is 1.99. The minimum Gasteiger partial charge on any atom is -0.496 e. The normalized spacial score (nSPS) is 10.3. The van der Waals surface area contributed by atoms with Crippen molar-refractivity contribution in [2.45, 2.75) is 20.4 Å². The Morgan fingerprint density at radius 1 is 1.17 bits per heavy atom. The lowest BCUT2D eigenvalue weighted by Gasteiger charge is -2.22. The maximum atomic E-state index is 5.51. The molecule has 0 fully saturated rings. The van der Waals surface area contributed by atoms with Crippen LogP contribution in [0.3, 0.4) is 0 Å². The average Bonchev–Trinajstić information content (AvgIpc) is 2.51. The van der Waals surface area contributed by atoms with Crippen LogP contribution in [0.2, 0.25) is 0 Å². The zero-order chi connectivity index (χ0) is 17.0. The van der Waals surface area contributed by atoms with E-state index < -0.39 is 0 Å². The van der Waals surface area contributed by atoms with Crippen molar-refractivity contribution in [2.75, 3.05) is 19.5 Å². The second-order valence-electron chi connectivity index (χ2n) is 5.54. The summed E-state index contributed by atoms with van der Waals surface area (Å²) in [5, 5.41) is 3.96. The second-order valence-corrected chi connectivity index (χ2v) is 6.84. The monoisotopic (exact) mass is 392 g/mol. The Labute approximate surface area is 151 Å². The van der Waals surface area contributed by atoms with E-state index in [1.54, 1.807) is 7.11 Å². The molecule has 0 aliphatic rings. The van der Waals surface area contributed by atoms with Gasteiger partial charge in [-0.1, -0.05) is 22.0 Å². The highest BCUT2D eigenvalue weighted by Crippen LogP contribution is 2.24. The molecule has 0 amide bonds. The smallest absolute Gasteiger partial charge is 0.173 e. The first-order valence-corrected chi connectivity index (χ1v) is 8.52. The Kier molecular flexibility index (Phi) is 6.02. The Morgan fingerprint density at radius 3 is 2.57 bits per heavy atom. The number of thiocarbonyl (C=S) groups is 1. The van der Waals surface area contributed by atoms with Gasteiger partial charge in [0.25, 0.3) is 0 Å². The number of anilines is 1. The first-order chi connectivity index (χ1) is 10.9. The van der Waals surface area contributed by atoms with Crippen molar-refractivity contribution < 1.29 is 4.74 Å². The molecule has 0 radical (unpaired) electrons. The summed E-state index contributed by atoms with van der Waals surface area (Å²) in [5.41, 5.74) is 4.60. The molecule has 2 rings (SSSR count). The van der Waals surface area contributed by atoms with Crippen LogP contribution in [-0.4, -0.2) is 24.2 Å². The van der Waals surface area contributed by atoms with Gasteiger partial charge in [0.1, 0.15) is 5.75 Å². The van der Waals surface area contributed by atoms with E-state index in [0.29, 0.717) is 11.7 Å². The summed E-state index contributed by atoms with van der Waals surface area (Å²) in [6.07, 6.45) is 0. The molecule has 0 heterocycles. The predicted octanol–water partition coefficient (Wildman–Crippen LogP) is 4.90. The largest absolute Gasteiger partial charge is 0.496 e. The lowest BCUT2D eigenvalue weighted by atomic mass is 10.1. The van der Waals surface area contributed by atoms with Gasteiger partial charge in [-0.15, -0.1) is 0 Å².